The smallest absolute Gasteiger partial charge is 0.0929 e. The van der Waals surface area contributed by atoms with E-state index in [0.29, 0.717) is 0 Å². The van der Waals surface area contributed by atoms with Crippen molar-refractivity contribution >= 4 is 15.9 Å². The minimum atomic E-state index is -0.320. The Morgan fingerprint density at radius 2 is 2.25 bits per heavy atom. The van der Waals surface area contributed by atoms with Crippen LogP contribution in [-0.4, -0.2) is 0 Å². The largest absolute Gasteiger partial charge is 0.314 e. The first-order valence-electron chi connectivity index (χ1n) is 3.63. The van der Waals surface area contributed by atoms with Crippen molar-refractivity contribution in [2.75, 3.05) is 0 Å². The molecule has 0 heterocycles. The fourth-order valence-electron chi connectivity index (χ4n) is 0.991. The molecule has 1 atom stereocenters. The number of nitrogens with two attached hydrogens (primary N) is 1. The molecule has 0 saturated carbocycles. The normalized spacial score (nSPS) is 12.2. The molecular formula is C10H10BrN. The Hall–Kier alpha value is -0.780. The molecule has 0 spiro atoms. The van der Waals surface area contributed by atoms with Gasteiger partial charge in [-0.05, 0) is 18.6 Å². The minimum Gasteiger partial charge on any atom is -0.314 e. The van der Waals surface area contributed by atoms with Crippen LogP contribution in [-0.2, 0) is 0 Å². The van der Waals surface area contributed by atoms with E-state index >= 15 is 0 Å². The van der Waals surface area contributed by atoms with Crippen LogP contribution in [0, 0.1) is 19.3 Å². The zero-order valence-electron chi connectivity index (χ0n) is 6.84. The van der Waals surface area contributed by atoms with Gasteiger partial charge in [0.15, 0.2) is 0 Å². The summed E-state index contributed by atoms with van der Waals surface area (Å²) >= 11 is 3.40. The summed E-state index contributed by atoms with van der Waals surface area (Å²) in [4.78, 5) is 0. The molecule has 1 nitrogen and oxygen atoms in total. The fourth-order valence-corrected chi connectivity index (χ4v) is 1.48. The maximum absolute atomic E-state index is 5.70. The van der Waals surface area contributed by atoms with E-state index in [9.17, 15) is 0 Å². The molecule has 0 aromatic heterocycles. The van der Waals surface area contributed by atoms with Gasteiger partial charge >= 0.3 is 0 Å². The second kappa shape index (κ2) is 3.75. The van der Waals surface area contributed by atoms with Crippen LogP contribution >= 0.6 is 15.9 Å². The number of halogens is 1. The van der Waals surface area contributed by atoms with Gasteiger partial charge in [0.1, 0.15) is 0 Å². The summed E-state index contributed by atoms with van der Waals surface area (Å²) in [6.45, 7) is 2.01. The van der Waals surface area contributed by atoms with Crippen LogP contribution in [0.1, 0.15) is 17.2 Å². The van der Waals surface area contributed by atoms with Gasteiger partial charge in [0.05, 0.1) is 6.04 Å². The molecule has 0 aliphatic rings. The zero-order valence-corrected chi connectivity index (χ0v) is 8.43. The van der Waals surface area contributed by atoms with Crippen molar-refractivity contribution in [1.82, 2.24) is 0 Å². The van der Waals surface area contributed by atoms with E-state index in [1.165, 1.54) is 5.56 Å². The fraction of sp³-hybridized carbons (Fsp3) is 0.200. The van der Waals surface area contributed by atoms with E-state index in [1.54, 1.807) is 0 Å². The first kappa shape index (κ1) is 9.31. The lowest BCUT2D eigenvalue weighted by Crippen LogP contribution is -2.08. The number of terminal acetylenes is 1. The SMILES string of the molecule is C#CC(N)c1cc(C)ccc1Br. The summed E-state index contributed by atoms with van der Waals surface area (Å²) in [7, 11) is 0. The second-order valence-corrected chi connectivity index (χ2v) is 3.52. The van der Waals surface area contributed by atoms with Crippen LogP contribution in [0.2, 0.25) is 0 Å². The second-order valence-electron chi connectivity index (χ2n) is 2.67. The highest BCUT2D eigenvalue weighted by Gasteiger charge is 2.05. The highest BCUT2D eigenvalue weighted by Crippen LogP contribution is 2.22. The van der Waals surface area contributed by atoms with Crippen LogP contribution in [0.3, 0.4) is 0 Å². The molecule has 2 N–H and O–H groups in total. The molecule has 12 heavy (non-hydrogen) atoms. The Labute approximate surface area is 81.1 Å². The predicted octanol–water partition coefficient (Wildman–Crippen LogP) is 2.39. The number of aryl methyl sites for hydroxylation is 1. The predicted molar refractivity (Wildman–Crippen MR) is 54.6 cm³/mol. The molecule has 0 aliphatic heterocycles. The van der Waals surface area contributed by atoms with Crippen LogP contribution in [0.5, 0.6) is 0 Å². The van der Waals surface area contributed by atoms with Crippen molar-refractivity contribution in [3.63, 3.8) is 0 Å². The monoisotopic (exact) mass is 223 g/mol. The highest BCUT2D eigenvalue weighted by atomic mass is 79.9. The Morgan fingerprint density at radius 1 is 1.58 bits per heavy atom. The molecule has 0 amide bonds. The molecule has 0 fully saturated rings. The van der Waals surface area contributed by atoms with E-state index in [-0.39, 0.29) is 6.04 Å². The summed E-state index contributed by atoms with van der Waals surface area (Å²) in [5.74, 6) is 2.50. The molecule has 62 valence electrons. The third-order valence-corrected chi connectivity index (χ3v) is 2.39. The molecule has 1 rings (SSSR count). The van der Waals surface area contributed by atoms with Crippen molar-refractivity contribution in [3.8, 4) is 12.3 Å². The van der Waals surface area contributed by atoms with Crippen LogP contribution < -0.4 is 5.73 Å². The summed E-state index contributed by atoms with van der Waals surface area (Å²) in [5.41, 5.74) is 7.83. The lowest BCUT2D eigenvalue weighted by atomic mass is 10.1. The molecule has 1 aromatic rings. The van der Waals surface area contributed by atoms with Crippen LogP contribution in [0.4, 0.5) is 0 Å². The summed E-state index contributed by atoms with van der Waals surface area (Å²) in [6, 6.07) is 5.65. The van der Waals surface area contributed by atoms with Gasteiger partial charge in [0.2, 0.25) is 0 Å². The van der Waals surface area contributed by atoms with E-state index in [4.69, 9.17) is 12.2 Å². The lowest BCUT2D eigenvalue weighted by molar-refractivity contribution is 0.936. The van der Waals surface area contributed by atoms with Gasteiger partial charge in [-0.2, -0.15) is 0 Å². The average molecular weight is 224 g/mol. The Morgan fingerprint density at radius 3 is 2.83 bits per heavy atom. The van der Waals surface area contributed by atoms with Gasteiger partial charge in [-0.15, -0.1) is 6.42 Å². The van der Waals surface area contributed by atoms with E-state index in [2.05, 4.69) is 21.9 Å². The molecular weight excluding hydrogens is 214 g/mol. The van der Waals surface area contributed by atoms with Crippen molar-refractivity contribution in [2.24, 2.45) is 5.73 Å². The van der Waals surface area contributed by atoms with Crippen molar-refractivity contribution in [1.29, 1.82) is 0 Å². The molecule has 2 heteroatoms. The van der Waals surface area contributed by atoms with Gasteiger partial charge in [-0.1, -0.05) is 39.5 Å². The van der Waals surface area contributed by atoms with E-state index < -0.39 is 0 Å². The molecule has 1 unspecified atom stereocenters. The maximum Gasteiger partial charge on any atom is 0.0929 e. The van der Waals surface area contributed by atoms with Crippen LogP contribution in [0.25, 0.3) is 0 Å². The van der Waals surface area contributed by atoms with E-state index in [0.717, 1.165) is 10.0 Å². The first-order chi connectivity index (χ1) is 5.65. The van der Waals surface area contributed by atoms with Gasteiger partial charge in [0, 0.05) is 4.47 Å². The third kappa shape index (κ3) is 1.88. The number of benzene rings is 1. The van der Waals surface area contributed by atoms with Gasteiger partial charge in [-0.3, -0.25) is 0 Å². The van der Waals surface area contributed by atoms with Crippen molar-refractivity contribution < 1.29 is 0 Å². The maximum atomic E-state index is 5.70. The summed E-state index contributed by atoms with van der Waals surface area (Å²) in [5, 5.41) is 0. The average Bonchev–Trinajstić information content (AvgIpc) is 2.08. The van der Waals surface area contributed by atoms with Crippen LogP contribution in [0.15, 0.2) is 22.7 Å². The summed E-state index contributed by atoms with van der Waals surface area (Å²) < 4.78 is 0.971. The molecule has 0 radical (unpaired) electrons. The Kier molecular flexibility index (Phi) is 2.91. The molecule has 0 aliphatic carbocycles. The lowest BCUT2D eigenvalue weighted by Gasteiger charge is -2.07. The van der Waals surface area contributed by atoms with Gasteiger partial charge < -0.3 is 5.73 Å². The topological polar surface area (TPSA) is 26.0 Å². The number of hydrogen-bond donors (Lipinski definition) is 1. The first-order valence-corrected chi connectivity index (χ1v) is 4.42. The van der Waals surface area contributed by atoms with Gasteiger partial charge in [-0.25, -0.2) is 0 Å². The summed E-state index contributed by atoms with van der Waals surface area (Å²) in [6.07, 6.45) is 5.23. The Balaban J connectivity index is 3.15. The Bertz CT molecular complexity index is 325. The van der Waals surface area contributed by atoms with Crippen molar-refractivity contribution in [2.45, 2.75) is 13.0 Å². The van der Waals surface area contributed by atoms with Gasteiger partial charge in [0.25, 0.3) is 0 Å². The van der Waals surface area contributed by atoms with Crippen molar-refractivity contribution in [3.05, 3.63) is 33.8 Å². The highest BCUT2D eigenvalue weighted by molar-refractivity contribution is 9.10. The number of rotatable bonds is 1. The number of hydrogen-bond acceptors (Lipinski definition) is 1. The third-order valence-electron chi connectivity index (χ3n) is 1.67. The zero-order chi connectivity index (χ0) is 9.14. The molecule has 1 aromatic carbocycles. The molecule has 0 bridgehead atoms. The quantitative estimate of drug-likeness (QED) is 0.728. The van der Waals surface area contributed by atoms with E-state index in [1.807, 2.05) is 25.1 Å². The minimum absolute atomic E-state index is 0.320. The molecule has 0 saturated heterocycles. The standard InChI is InChI=1S/C10H10BrN/c1-3-10(12)8-6-7(2)4-5-9(8)11/h1,4-6,10H,12H2,2H3.